The Balaban J connectivity index is 2.12. The van der Waals surface area contributed by atoms with Gasteiger partial charge in [-0.2, -0.15) is 0 Å². The Morgan fingerprint density at radius 2 is 0.677 bits per heavy atom. The zero-order valence-corrected chi connectivity index (χ0v) is 60.2. The Morgan fingerprint density at radius 3 is 1.03 bits per heavy atom. The van der Waals surface area contributed by atoms with Crippen LogP contribution >= 0.6 is 0 Å². The number of unbranched alkanes of at least 4 members (excludes halogenated alkanes) is 40. The number of hydrogen-bond donors (Lipinski definition) is 6. The molecule has 0 aromatic heterocycles. The largest absolute Gasteiger partial charge is 0.394 e. The van der Waals surface area contributed by atoms with Crippen molar-refractivity contribution in [1.82, 2.24) is 5.32 Å². The molecule has 0 bridgehead atoms. The van der Waals surface area contributed by atoms with Crippen LogP contribution in [0, 0.1) is 0 Å². The summed E-state index contributed by atoms with van der Waals surface area (Å²) in [5.41, 5.74) is 0. The van der Waals surface area contributed by atoms with E-state index in [2.05, 4.69) is 129 Å². The first-order chi connectivity index (χ1) is 45.8. The fraction of sp³-hybridized carbons (Fsp3) is 0.750. The van der Waals surface area contributed by atoms with Gasteiger partial charge in [-0.05, 0) is 96.3 Å². The molecule has 0 saturated carbocycles. The maximum Gasteiger partial charge on any atom is 0.220 e. The molecule has 9 heteroatoms. The summed E-state index contributed by atoms with van der Waals surface area (Å²) >= 11 is 0. The van der Waals surface area contributed by atoms with Crippen molar-refractivity contribution in [2.24, 2.45) is 0 Å². The lowest BCUT2D eigenvalue weighted by Crippen LogP contribution is -2.60. The molecule has 0 radical (unpaired) electrons. The highest BCUT2D eigenvalue weighted by Crippen LogP contribution is 2.23. The van der Waals surface area contributed by atoms with Crippen LogP contribution in [0.25, 0.3) is 0 Å². The highest BCUT2D eigenvalue weighted by Gasteiger charge is 2.44. The monoisotopic (exact) mass is 1300 g/mol. The smallest absolute Gasteiger partial charge is 0.220 e. The van der Waals surface area contributed by atoms with Crippen LogP contribution in [0.2, 0.25) is 0 Å². The highest BCUT2D eigenvalue weighted by atomic mass is 16.7. The van der Waals surface area contributed by atoms with Crippen molar-refractivity contribution in [3.05, 3.63) is 122 Å². The summed E-state index contributed by atoms with van der Waals surface area (Å²) in [7, 11) is 0. The third-order valence-corrected chi connectivity index (χ3v) is 18.0. The van der Waals surface area contributed by atoms with Crippen molar-refractivity contribution >= 4 is 5.91 Å². The van der Waals surface area contributed by atoms with Gasteiger partial charge in [-0.25, -0.2) is 0 Å². The Bertz CT molecular complexity index is 1890. The number of carbonyl (C=O) groups is 1. The molecule has 7 unspecified atom stereocenters. The van der Waals surface area contributed by atoms with E-state index in [1.165, 1.54) is 238 Å². The van der Waals surface area contributed by atoms with Gasteiger partial charge < -0.3 is 40.3 Å². The van der Waals surface area contributed by atoms with E-state index >= 15 is 0 Å². The van der Waals surface area contributed by atoms with Gasteiger partial charge in [0.05, 0.1) is 25.4 Å². The number of aliphatic hydroxyl groups excluding tert-OH is 5. The molecule has 1 aliphatic heterocycles. The third kappa shape index (κ3) is 59.6. The number of ether oxygens (including phenoxy) is 2. The Morgan fingerprint density at radius 1 is 0.376 bits per heavy atom. The van der Waals surface area contributed by atoms with E-state index in [-0.39, 0.29) is 12.5 Å². The van der Waals surface area contributed by atoms with Gasteiger partial charge in [0.2, 0.25) is 5.91 Å². The van der Waals surface area contributed by atoms with Crippen LogP contribution in [-0.2, 0) is 14.3 Å². The molecule has 1 heterocycles. The molecule has 1 saturated heterocycles. The third-order valence-electron chi connectivity index (χ3n) is 18.0. The summed E-state index contributed by atoms with van der Waals surface area (Å²) in [6, 6.07) is -0.831. The predicted octanol–water partition coefficient (Wildman–Crippen LogP) is 22.5. The summed E-state index contributed by atoms with van der Waals surface area (Å²) < 4.78 is 11.3. The lowest BCUT2D eigenvalue weighted by atomic mass is 9.99. The van der Waals surface area contributed by atoms with Crippen molar-refractivity contribution in [1.29, 1.82) is 0 Å². The number of rotatable bonds is 68. The Hall–Kier alpha value is -3.41. The van der Waals surface area contributed by atoms with Crippen LogP contribution in [0.15, 0.2) is 122 Å². The van der Waals surface area contributed by atoms with Gasteiger partial charge in [0.15, 0.2) is 6.29 Å². The van der Waals surface area contributed by atoms with E-state index in [0.29, 0.717) is 6.42 Å². The van der Waals surface area contributed by atoms with Crippen molar-refractivity contribution in [2.75, 3.05) is 13.2 Å². The van der Waals surface area contributed by atoms with E-state index < -0.39 is 49.5 Å². The SMILES string of the molecule is CC/C=C\C/C=C\C/C=C\C/C=C\C/C=C\C/C=C\C/C=C\C/C=C\CCCCCCCCCCCCCCCCC(=O)NC(COC1OC(CO)C(O)C(O)C1O)C(O)/C=C/CC/C=C/CCCCCCCCCCCCCCCCCCCCCCCCCCC. The molecule has 0 aromatic carbocycles. The summed E-state index contributed by atoms with van der Waals surface area (Å²) in [5, 5.41) is 54.9. The van der Waals surface area contributed by atoms with Crippen LogP contribution in [0.5, 0.6) is 0 Å². The quantitative estimate of drug-likeness (QED) is 0.0261. The van der Waals surface area contributed by atoms with Gasteiger partial charge in [0.25, 0.3) is 0 Å². The van der Waals surface area contributed by atoms with Crippen molar-refractivity contribution in [3.63, 3.8) is 0 Å². The average Bonchev–Trinajstić information content (AvgIpc) is 1.02. The minimum atomic E-state index is -1.58. The molecule has 1 amide bonds. The first-order valence-corrected chi connectivity index (χ1v) is 39.3. The molecule has 7 atom stereocenters. The van der Waals surface area contributed by atoms with Crippen molar-refractivity contribution in [2.45, 2.75) is 391 Å². The summed E-state index contributed by atoms with van der Waals surface area (Å²) in [5.74, 6) is -0.187. The fourth-order valence-corrected chi connectivity index (χ4v) is 12.0. The van der Waals surface area contributed by atoms with Gasteiger partial charge in [-0.15, -0.1) is 0 Å². The van der Waals surface area contributed by atoms with Gasteiger partial charge in [-0.3, -0.25) is 4.79 Å². The first kappa shape index (κ1) is 87.6. The maximum atomic E-state index is 13.2. The molecule has 6 N–H and O–H groups in total. The second-order valence-electron chi connectivity index (χ2n) is 26.8. The van der Waals surface area contributed by atoms with E-state index in [9.17, 15) is 30.3 Å². The first-order valence-electron chi connectivity index (χ1n) is 39.3. The minimum absolute atomic E-state index is 0.187. The molecule has 93 heavy (non-hydrogen) atoms. The zero-order valence-electron chi connectivity index (χ0n) is 60.2. The Labute approximate surface area is 573 Å². The number of carbonyl (C=O) groups excluding carboxylic acids is 1. The summed E-state index contributed by atoms with van der Waals surface area (Å²) in [6.45, 7) is 3.68. The van der Waals surface area contributed by atoms with Crippen molar-refractivity contribution in [3.8, 4) is 0 Å². The van der Waals surface area contributed by atoms with E-state index in [1.807, 2.05) is 6.08 Å². The highest BCUT2D eigenvalue weighted by molar-refractivity contribution is 5.76. The molecule has 1 fully saturated rings. The lowest BCUT2D eigenvalue weighted by molar-refractivity contribution is -0.302. The second-order valence-corrected chi connectivity index (χ2v) is 26.8. The minimum Gasteiger partial charge on any atom is -0.394 e. The predicted molar refractivity (Wildman–Crippen MR) is 400 cm³/mol. The average molecular weight is 1300 g/mol. The van der Waals surface area contributed by atoms with E-state index in [4.69, 9.17) is 9.47 Å². The molecule has 0 aliphatic carbocycles. The number of allylic oxidation sites excluding steroid dienone is 19. The summed E-state index contributed by atoms with van der Waals surface area (Å²) in [6.07, 6.45) is 100. The normalized spacial score (nSPS) is 18.3. The van der Waals surface area contributed by atoms with Crippen LogP contribution < -0.4 is 5.32 Å². The molecule has 0 spiro atoms. The number of hydrogen-bond acceptors (Lipinski definition) is 8. The van der Waals surface area contributed by atoms with Gasteiger partial charge in [-0.1, -0.05) is 367 Å². The van der Waals surface area contributed by atoms with Crippen LogP contribution in [0.4, 0.5) is 0 Å². The molecule has 1 rings (SSSR count). The lowest BCUT2D eigenvalue weighted by Gasteiger charge is -2.40. The standard InChI is InChI=1S/C84H147NO8/c1-3-5-7-9-11-13-15-17-19-21-23-25-27-29-31-33-35-36-37-38-39-40-41-42-44-46-48-50-52-54-56-58-60-62-64-66-68-70-72-74-80(88)85-77(76-92-84-83(91)82(90)81(89)79(75-86)93-84)78(87)73-71-69-67-65-63-61-59-57-55-53-51-49-47-45-43-34-32-30-28-26-24-22-20-18-16-14-12-10-8-6-4-2/h5,7,11,13,17,19,23,25,29,31,35-36,38-39,41-42,63,65,71,73,77-79,81-84,86-87,89-91H,3-4,6,8-10,12,14-16,18,20-22,24,26-28,30,32-34,37,40,43-62,64,66-70,72,74-76H2,1-2H3,(H,85,88)/b7-5-,13-11-,19-17-,25-23-,31-29-,36-35-,39-38-,42-41-,65-63+,73-71+. The van der Waals surface area contributed by atoms with Gasteiger partial charge >= 0.3 is 0 Å². The van der Waals surface area contributed by atoms with Gasteiger partial charge in [0, 0.05) is 6.42 Å². The van der Waals surface area contributed by atoms with E-state index in [0.717, 1.165) is 89.9 Å². The molecule has 9 nitrogen and oxygen atoms in total. The Kier molecular flexibility index (Phi) is 67.2. The number of nitrogens with one attached hydrogen (secondary N) is 1. The zero-order chi connectivity index (χ0) is 67.1. The van der Waals surface area contributed by atoms with Crippen LogP contribution in [-0.4, -0.2) is 87.5 Å². The molecule has 1 aliphatic rings. The number of aliphatic hydroxyl groups is 5. The molecule has 0 aromatic rings. The molecular formula is C84H147NO8. The number of amides is 1. The van der Waals surface area contributed by atoms with Crippen LogP contribution in [0.3, 0.4) is 0 Å². The van der Waals surface area contributed by atoms with E-state index in [1.54, 1.807) is 6.08 Å². The van der Waals surface area contributed by atoms with Gasteiger partial charge in [0.1, 0.15) is 24.4 Å². The van der Waals surface area contributed by atoms with Crippen LogP contribution in [0.1, 0.15) is 348 Å². The maximum absolute atomic E-state index is 13.2. The fourth-order valence-electron chi connectivity index (χ4n) is 12.0. The molecular weight excluding hydrogens is 1150 g/mol. The van der Waals surface area contributed by atoms with Crippen molar-refractivity contribution < 1.29 is 39.8 Å². The topological polar surface area (TPSA) is 149 Å². The second kappa shape index (κ2) is 71.4. The summed E-state index contributed by atoms with van der Waals surface area (Å²) in [4.78, 5) is 13.2. The molecule has 536 valence electrons.